The molecule has 1 unspecified atom stereocenters. The molecule has 1 rings (SSSR count). The largest absolute Gasteiger partial charge is 0.501 e. The van der Waals surface area contributed by atoms with Crippen molar-refractivity contribution >= 4 is 0 Å². The number of rotatable bonds is 4. The molecule has 1 atom stereocenters. The fourth-order valence-corrected chi connectivity index (χ4v) is 1.24. The highest BCUT2D eigenvalue weighted by atomic mass is 16.5. The van der Waals surface area contributed by atoms with Gasteiger partial charge >= 0.3 is 0 Å². The van der Waals surface area contributed by atoms with Crippen LogP contribution in [0.1, 0.15) is 26.2 Å². The SMILES string of the molecule is C/C=C/OCCC1CCCO1. The second kappa shape index (κ2) is 5.19. The van der Waals surface area contributed by atoms with Crippen molar-refractivity contribution in [3.63, 3.8) is 0 Å². The topological polar surface area (TPSA) is 18.5 Å². The van der Waals surface area contributed by atoms with Crippen LogP contribution >= 0.6 is 0 Å². The molecule has 1 aliphatic heterocycles. The molecule has 0 bridgehead atoms. The summed E-state index contributed by atoms with van der Waals surface area (Å²) < 4.78 is 10.6. The van der Waals surface area contributed by atoms with E-state index in [-0.39, 0.29) is 0 Å². The zero-order chi connectivity index (χ0) is 7.94. The summed E-state index contributed by atoms with van der Waals surface area (Å²) in [6.07, 6.45) is 7.54. The average Bonchev–Trinajstić information content (AvgIpc) is 2.50. The zero-order valence-electron chi connectivity index (χ0n) is 7.08. The van der Waals surface area contributed by atoms with Crippen molar-refractivity contribution in [1.29, 1.82) is 0 Å². The van der Waals surface area contributed by atoms with Crippen molar-refractivity contribution in [2.75, 3.05) is 13.2 Å². The molecular weight excluding hydrogens is 140 g/mol. The van der Waals surface area contributed by atoms with E-state index in [0.717, 1.165) is 19.6 Å². The molecule has 1 fully saturated rings. The second-order valence-corrected chi connectivity index (χ2v) is 2.76. The van der Waals surface area contributed by atoms with E-state index in [1.165, 1.54) is 12.8 Å². The summed E-state index contributed by atoms with van der Waals surface area (Å²) in [6.45, 7) is 3.68. The van der Waals surface area contributed by atoms with E-state index in [1.807, 2.05) is 13.0 Å². The van der Waals surface area contributed by atoms with Gasteiger partial charge in [-0.3, -0.25) is 0 Å². The third-order valence-corrected chi connectivity index (χ3v) is 1.81. The molecule has 64 valence electrons. The number of hydrogen-bond acceptors (Lipinski definition) is 2. The van der Waals surface area contributed by atoms with Crippen LogP contribution in [0.25, 0.3) is 0 Å². The zero-order valence-corrected chi connectivity index (χ0v) is 7.08. The number of allylic oxidation sites excluding steroid dienone is 1. The smallest absolute Gasteiger partial charge is 0.0897 e. The highest BCUT2D eigenvalue weighted by Crippen LogP contribution is 2.14. The molecule has 0 spiro atoms. The Morgan fingerprint density at radius 3 is 3.18 bits per heavy atom. The maximum atomic E-state index is 5.43. The molecule has 0 aromatic heterocycles. The molecule has 1 heterocycles. The number of ether oxygens (including phenoxy) is 2. The van der Waals surface area contributed by atoms with Crippen molar-refractivity contribution in [2.45, 2.75) is 32.3 Å². The van der Waals surface area contributed by atoms with Crippen molar-refractivity contribution in [1.82, 2.24) is 0 Å². The first-order valence-corrected chi connectivity index (χ1v) is 4.28. The van der Waals surface area contributed by atoms with Gasteiger partial charge in [-0.2, -0.15) is 0 Å². The van der Waals surface area contributed by atoms with Crippen LogP contribution in [0.4, 0.5) is 0 Å². The number of hydrogen-bond donors (Lipinski definition) is 0. The molecule has 0 radical (unpaired) electrons. The van der Waals surface area contributed by atoms with E-state index in [1.54, 1.807) is 6.26 Å². The lowest BCUT2D eigenvalue weighted by Crippen LogP contribution is -2.07. The van der Waals surface area contributed by atoms with Crippen LogP contribution in [0.5, 0.6) is 0 Å². The predicted molar refractivity (Wildman–Crippen MR) is 44.4 cm³/mol. The van der Waals surface area contributed by atoms with Gasteiger partial charge in [-0.15, -0.1) is 0 Å². The van der Waals surface area contributed by atoms with E-state index in [9.17, 15) is 0 Å². The summed E-state index contributed by atoms with van der Waals surface area (Å²) in [5.74, 6) is 0. The fraction of sp³-hybridized carbons (Fsp3) is 0.778. The van der Waals surface area contributed by atoms with Gasteiger partial charge in [0.1, 0.15) is 0 Å². The Hall–Kier alpha value is -0.500. The van der Waals surface area contributed by atoms with Gasteiger partial charge in [-0.05, 0) is 19.8 Å². The van der Waals surface area contributed by atoms with Crippen molar-refractivity contribution in [3.8, 4) is 0 Å². The van der Waals surface area contributed by atoms with Crippen LogP contribution in [-0.4, -0.2) is 19.3 Å². The average molecular weight is 156 g/mol. The van der Waals surface area contributed by atoms with Crippen LogP contribution in [0.3, 0.4) is 0 Å². The maximum Gasteiger partial charge on any atom is 0.0897 e. The first kappa shape index (κ1) is 8.60. The summed E-state index contributed by atoms with van der Waals surface area (Å²) in [6, 6.07) is 0. The molecule has 0 saturated carbocycles. The molecule has 0 aromatic rings. The fourth-order valence-electron chi connectivity index (χ4n) is 1.24. The van der Waals surface area contributed by atoms with E-state index in [4.69, 9.17) is 9.47 Å². The van der Waals surface area contributed by atoms with Gasteiger partial charge in [-0.1, -0.05) is 6.08 Å². The molecular formula is C9H16O2. The molecule has 1 aliphatic rings. The van der Waals surface area contributed by atoms with Gasteiger partial charge in [-0.25, -0.2) is 0 Å². The van der Waals surface area contributed by atoms with E-state index in [0.29, 0.717) is 6.10 Å². The highest BCUT2D eigenvalue weighted by Gasteiger charge is 2.14. The van der Waals surface area contributed by atoms with Crippen LogP contribution in [0.15, 0.2) is 12.3 Å². The quantitative estimate of drug-likeness (QED) is 0.458. The Balaban J connectivity index is 1.93. The van der Waals surface area contributed by atoms with E-state index >= 15 is 0 Å². The standard InChI is InChI=1S/C9H16O2/c1-2-6-10-8-5-9-4-3-7-11-9/h2,6,9H,3-5,7-8H2,1H3/b6-2+. The molecule has 11 heavy (non-hydrogen) atoms. The van der Waals surface area contributed by atoms with Crippen LogP contribution in [0, 0.1) is 0 Å². The van der Waals surface area contributed by atoms with Gasteiger partial charge in [0.05, 0.1) is 19.0 Å². The van der Waals surface area contributed by atoms with Crippen molar-refractivity contribution in [3.05, 3.63) is 12.3 Å². The van der Waals surface area contributed by atoms with Crippen molar-refractivity contribution in [2.24, 2.45) is 0 Å². The van der Waals surface area contributed by atoms with Crippen molar-refractivity contribution < 1.29 is 9.47 Å². The lowest BCUT2D eigenvalue weighted by Gasteiger charge is -2.07. The molecule has 2 heteroatoms. The lowest BCUT2D eigenvalue weighted by molar-refractivity contribution is 0.0831. The highest BCUT2D eigenvalue weighted by molar-refractivity contribution is 4.67. The summed E-state index contributed by atoms with van der Waals surface area (Å²) >= 11 is 0. The molecule has 2 nitrogen and oxygen atoms in total. The van der Waals surface area contributed by atoms with E-state index < -0.39 is 0 Å². The maximum absolute atomic E-state index is 5.43. The monoisotopic (exact) mass is 156 g/mol. The molecule has 1 saturated heterocycles. The Morgan fingerprint density at radius 1 is 1.64 bits per heavy atom. The van der Waals surface area contributed by atoms with Gasteiger partial charge in [0, 0.05) is 13.0 Å². The van der Waals surface area contributed by atoms with E-state index in [2.05, 4.69) is 0 Å². The Bertz CT molecular complexity index is 115. The molecule has 0 aromatic carbocycles. The molecule has 0 N–H and O–H groups in total. The first-order chi connectivity index (χ1) is 5.43. The third-order valence-electron chi connectivity index (χ3n) is 1.81. The first-order valence-electron chi connectivity index (χ1n) is 4.28. The third kappa shape index (κ3) is 3.42. The summed E-state index contributed by atoms with van der Waals surface area (Å²) in [5.41, 5.74) is 0. The summed E-state index contributed by atoms with van der Waals surface area (Å²) in [5, 5.41) is 0. The van der Waals surface area contributed by atoms with Gasteiger partial charge in [0.25, 0.3) is 0 Å². The normalized spacial score (nSPS) is 24.6. The second-order valence-electron chi connectivity index (χ2n) is 2.76. The molecule has 0 aliphatic carbocycles. The summed E-state index contributed by atoms with van der Waals surface area (Å²) in [4.78, 5) is 0. The minimum atomic E-state index is 0.459. The lowest BCUT2D eigenvalue weighted by atomic mass is 10.2. The predicted octanol–water partition coefficient (Wildman–Crippen LogP) is 2.11. The Labute approximate surface area is 68.2 Å². The Morgan fingerprint density at radius 2 is 2.55 bits per heavy atom. The summed E-state index contributed by atoms with van der Waals surface area (Å²) in [7, 11) is 0. The van der Waals surface area contributed by atoms with Crippen LogP contribution in [-0.2, 0) is 9.47 Å². The minimum Gasteiger partial charge on any atom is -0.501 e. The molecule has 0 amide bonds. The van der Waals surface area contributed by atoms with Gasteiger partial charge in [0.15, 0.2) is 0 Å². The van der Waals surface area contributed by atoms with Gasteiger partial charge < -0.3 is 9.47 Å². The van der Waals surface area contributed by atoms with Crippen LogP contribution < -0.4 is 0 Å². The van der Waals surface area contributed by atoms with Crippen LogP contribution in [0.2, 0.25) is 0 Å². The Kier molecular flexibility index (Phi) is 4.06. The minimum absolute atomic E-state index is 0.459. The van der Waals surface area contributed by atoms with Gasteiger partial charge in [0.2, 0.25) is 0 Å².